The molecule has 1 aromatic rings. The summed E-state index contributed by atoms with van der Waals surface area (Å²) in [6.07, 6.45) is 11.9. The average Bonchev–Trinajstić information content (AvgIpc) is 3.24. The van der Waals surface area contributed by atoms with Crippen molar-refractivity contribution in [3.8, 4) is 5.75 Å². The quantitative estimate of drug-likeness (QED) is 0.0866. The van der Waals surface area contributed by atoms with Crippen LogP contribution in [0.4, 0.5) is 0 Å². The summed E-state index contributed by atoms with van der Waals surface area (Å²) in [5, 5.41) is 0.710. The van der Waals surface area contributed by atoms with Crippen LogP contribution < -0.4 is 4.74 Å². The maximum atomic E-state index is 11.6. The van der Waals surface area contributed by atoms with Crippen molar-refractivity contribution < 1.29 is 23.1 Å². The Balaban J connectivity index is 2.33. The van der Waals surface area contributed by atoms with Crippen LogP contribution in [0.1, 0.15) is 112 Å². The van der Waals surface area contributed by atoms with E-state index in [2.05, 4.69) is 112 Å². The summed E-state index contributed by atoms with van der Waals surface area (Å²) in [4.78, 5) is 11.6. The van der Waals surface area contributed by atoms with Crippen molar-refractivity contribution in [3.63, 3.8) is 0 Å². The molecular formula is C38H70O5SSi2. The number of ether oxygens (including phenoxy) is 2. The molecule has 0 saturated heterocycles. The van der Waals surface area contributed by atoms with Crippen molar-refractivity contribution >= 4 is 34.4 Å². The van der Waals surface area contributed by atoms with E-state index in [1.54, 1.807) is 0 Å². The summed E-state index contributed by atoms with van der Waals surface area (Å²) in [5.41, 5.74) is 1.19. The number of hydrogen-bond donors (Lipinski definition) is 0. The molecule has 0 radical (unpaired) electrons. The number of thioether (sulfide) groups is 1. The third-order valence-electron chi connectivity index (χ3n) is 11.4. The summed E-state index contributed by atoms with van der Waals surface area (Å²) in [7, 11) is -2.50. The van der Waals surface area contributed by atoms with Crippen LogP contribution in [0.3, 0.4) is 0 Å². The third kappa shape index (κ3) is 12.0. The molecule has 1 fully saturated rings. The number of esters is 1. The van der Waals surface area contributed by atoms with E-state index >= 15 is 0 Å². The number of para-hydroxylation sites is 1. The first-order chi connectivity index (χ1) is 21.2. The maximum Gasteiger partial charge on any atom is 0.305 e. The summed E-state index contributed by atoms with van der Waals surface area (Å²) in [5.74, 6) is 1.81. The van der Waals surface area contributed by atoms with Gasteiger partial charge in [-0.3, -0.25) is 4.79 Å². The largest absolute Gasteiger partial charge is 0.489 e. The molecule has 0 aliphatic heterocycles. The molecule has 46 heavy (non-hydrogen) atoms. The van der Waals surface area contributed by atoms with E-state index in [4.69, 9.17) is 18.3 Å². The summed E-state index contributed by atoms with van der Waals surface area (Å²) in [6, 6.07) is 8.35. The number of hydrogen-bond acceptors (Lipinski definition) is 6. The molecule has 6 atom stereocenters. The van der Waals surface area contributed by atoms with Gasteiger partial charge in [-0.1, -0.05) is 79.0 Å². The second kappa shape index (κ2) is 17.7. The molecule has 0 heterocycles. The minimum Gasteiger partial charge on any atom is -0.489 e. The average molecular weight is 695 g/mol. The Labute approximate surface area is 290 Å². The van der Waals surface area contributed by atoms with Gasteiger partial charge in [-0.25, -0.2) is 0 Å². The third-order valence-corrected chi connectivity index (χ3v) is 21.6. The van der Waals surface area contributed by atoms with E-state index in [0.29, 0.717) is 23.5 Å². The van der Waals surface area contributed by atoms with Crippen LogP contribution in [0, 0.1) is 18.8 Å². The first-order valence-electron chi connectivity index (χ1n) is 17.9. The Bertz CT molecular complexity index is 1060. The van der Waals surface area contributed by atoms with Gasteiger partial charge in [0, 0.05) is 11.7 Å². The molecule has 266 valence electrons. The Hall–Kier alpha value is -0.806. The highest BCUT2D eigenvalue weighted by molar-refractivity contribution is 7.99. The van der Waals surface area contributed by atoms with Gasteiger partial charge in [-0.15, -0.1) is 0 Å². The lowest BCUT2D eigenvalue weighted by molar-refractivity contribution is -0.140. The van der Waals surface area contributed by atoms with E-state index in [0.717, 1.165) is 57.1 Å². The highest BCUT2D eigenvalue weighted by Gasteiger charge is 2.51. The molecule has 2 rings (SSSR count). The molecule has 1 saturated carbocycles. The van der Waals surface area contributed by atoms with Crippen LogP contribution in [0.25, 0.3) is 0 Å². The minimum atomic E-state index is -1.99. The number of aryl methyl sites for hydroxylation is 1. The first-order valence-corrected chi connectivity index (χ1v) is 25.0. The molecule has 0 amide bonds. The molecule has 1 aromatic carbocycles. The molecule has 0 spiro atoms. The molecule has 8 heteroatoms. The van der Waals surface area contributed by atoms with Crippen LogP contribution in [-0.4, -0.2) is 59.5 Å². The maximum absolute atomic E-state index is 11.6. The molecule has 1 aliphatic carbocycles. The number of benzene rings is 1. The molecule has 5 nitrogen and oxygen atoms in total. The zero-order valence-corrected chi connectivity index (χ0v) is 34.9. The van der Waals surface area contributed by atoms with Crippen molar-refractivity contribution in [2.45, 2.75) is 173 Å². The lowest BCUT2D eigenvalue weighted by atomic mass is 9.85. The monoisotopic (exact) mass is 694 g/mol. The zero-order chi connectivity index (χ0) is 34.9. The fraction of sp³-hybridized carbons (Fsp3) is 0.816. The SMILES string of the molecule is COC(=O)CCCCCCC1C(O[Si](C)(C)C(C)(C)C)CC(O[Si](C)(C)C(C)(C)C)C1CCC(SC)C(C)Oc1ccccc1C. The van der Waals surface area contributed by atoms with Gasteiger partial charge in [0.15, 0.2) is 16.6 Å². The number of carbonyl (C=O) groups is 1. The fourth-order valence-electron chi connectivity index (χ4n) is 6.28. The summed E-state index contributed by atoms with van der Waals surface area (Å²) < 4.78 is 26.1. The van der Waals surface area contributed by atoms with E-state index in [9.17, 15) is 4.79 Å². The fourth-order valence-corrected chi connectivity index (χ4v) is 9.86. The normalized spacial score (nSPS) is 22.5. The Kier molecular flexibility index (Phi) is 15.9. The van der Waals surface area contributed by atoms with Crippen LogP contribution in [-0.2, 0) is 18.4 Å². The second-order valence-corrected chi connectivity index (χ2v) is 27.5. The van der Waals surface area contributed by atoms with Crippen molar-refractivity contribution in [1.29, 1.82) is 0 Å². The number of rotatable bonds is 18. The van der Waals surface area contributed by atoms with Gasteiger partial charge >= 0.3 is 5.97 Å². The van der Waals surface area contributed by atoms with Gasteiger partial charge in [-0.2, -0.15) is 11.8 Å². The molecular weight excluding hydrogens is 625 g/mol. The predicted molar refractivity (Wildman–Crippen MR) is 203 cm³/mol. The predicted octanol–water partition coefficient (Wildman–Crippen LogP) is 11.2. The summed E-state index contributed by atoms with van der Waals surface area (Å²) >= 11 is 1.93. The van der Waals surface area contributed by atoms with Crippen molar-refractivity contribution in [2.24, 2.45) is 11.8 Å². The number of methoxy groups -OCH3 is 1. The van der Waals surface area contributed by atoms with Crippen molar-refractivity contribution in [1.82, 2.24) is 0 Å². The highest BCUT2D eigenvalue weighted by atomic mass is 32.2. The Morgan fingerprint density at radius 2 is 1.39 bits per heavy atom. The van der Waals surface area contributed by atoms with Gasteiger partial charge in [0.1, 0.15) is 11.9 Å². The van der Waals surface area contributed by atoms with E-state index < -0.39 is 16.6 Å². The second-order valence-electron chi connectivity index (χ2n) is 16.9. The smallest absolute Gasteiger partial charge is 0.305 e. The van der Waals surface area contributed by atoms with E-state index in [1.807, 2.05) is 11.8 Å². The van der Waals surface area contributed by atoms with Crippen LogP contribution in [0.2, 0.25) is 36.3 Å². The zero-order valence-electron chi connectivity index (χ0n) is 32.1. The van der Waals surface area contributed by atoms with Gasteiger partial charge in [0.25, 0.3) is 0 Å². The molecule has 1 aliphatic rings. The Morgan fingerprint density at radius 1 is 0.870 bits per heavy atom. The first kappa shape index (κ1) is 41.4. The highest BCUT2D eigenvalue weighted by Crippen LogP contribution is 2.49. The lowest BCUT2D eigenvalue weighted by Gasteiger charge is -2.40. The van der Waals surface area contributed by atoms with Gasteiger partial charge in [0.05, 0.1) is 19.3 Å². The summed E-state index contributed by atoms with van der Waals surface area (Å²) in [6.45, 7) is 28.1. The minimum absolute atomic E-state index is 0.103. The molecule has 0 bridgehead atoms. The van der Waals surface area contributed by atoms with Gasteiger partial charge in [-0.05, 0) is 112 Å². The van der Waals surface area contributed by atoms with E-state index in [1.165, 1.54) is 12.7 Å². The van der Waals surface area contributed by atoms with Crippen LogP contribution >= 0.6 is 11.8 Å². The van der Waals surface area contributed by atoms with Gasteiger partial charge < -0.3 is 18.3 Å². The van der Waals surface area contributed by atoms with Crippen molar-refractivity contribution in [2.75, 3.05) is 13.4 Å². The topological polar surface area (TPSA) is 54.0 Å². The lowest BCUT2D eigenvalue weighted by Crippen LogP contribution is -2.45. The molecule has 6 unspecified atom stereocenters. The standard InChI is InChI=1S/C38H70O5SSi2/c1-28-21-19-20-23-32(28)41-29(2)35(44-10)26-25-31-30(22-17-15-16-18-24-36(39)40-9)33(42-45(11,12)37(3,4)5)27-34(31)43-46(13,14)38(6,7)8/h19-21,23,29-31,33-35H,15-18,22,24-27H2,1-14H3. The van der Waals surface area contributed by atoms with E-state index in [-0.39, 0.29) is 34.4 Å². The molecule has 0 N–H and O–H groups in total. The van der Waals surface area contributed by atoms with Crippen molar-refractivity contribution in [3.05, 3.63) is 29.8 Å². The number of unbranched alkanes of at least 4 members (excludes halogenated alkanes) is 3. The van der Waals surface area contributed by atoms with Crippen LogP contribution in [0.5, 0.6) is 5.75 Å². The number of carbonyl (C=O) groups excluding carboxylic acids is 1. The van der Waals surface area contributed by atoms with Gasteiger partial charge in [0.2, 0.25) is 0 Å². The molecule has 0 aromatic heterocycles. The van der Waals surface area contributed by atoms with Crippen LogP contribution in [0.15, 0.2) is 24.3 Å². The Morgan fingerprint density at radius 3 is 1.89 bits per heavy atom.